The second-order valence-corrected chi connectivity index (χ2v) is 8.52. The number of fused-ring (bicyclic) bond motifs is 1. The van der Waals surface area contributed by atoms with E-state index in [4.69, 9.17) is 14.2 Å². The largest absolute Gasteiger partial charge is 0.490 e. The fourth-order valence-electron chi connectivity index (χ4n) is 3.29. The monoisotopic (exact) mass is 477 g/mol. The van der Waals surface area contributed by atoms with Crippen LogP contribution in [0.5, 0.6) is 17.2 Å². The summed E-state index contributed by atoms with van der Waals surface area (Å²) >= 11 is 1.30. The molecule has 0 saturated heterocycles. The van der Waals surface area contributed by atoms with E-state index in [1.54, 1.807) is 6.08 Å². The van der Waals surface area contributed by atoms with Crippen molar-refractivity contribution in [2.24, 2.45) is 0 Å². The van der Waals surface area contributed by atoms with Crippen LogP contribution in [0.1, 0.15) is 32.3 Å². The van der Waals surface area contributed by atoms with E-state index >= 15 is 0 Å². The van der Waals surface area contributed by atoms with E-state index in [0.29, 0.717) is 46.6 Å². The van der Waals surface area contributed by atoms with Gasteiger partial charge < -0.3 is 14.2 Å². The van der Waals surface area contributed by atoms with Gasteiger partial charge in [-0.2, -0.15) is 9.50 Å². The SMILES string of the molecule is C=CCOc1ccc(-c2nc3s/c(=C\c4ccc(OCCCC)c(OCC)c4)c(=O)n3n2)cc1. The van der Waals surface area contributed by atoms with Crippen LogP contribution in [-0.2, 0) is 0 Å². The molecular formula is C26H27N3O4S. The summed E-state index contributed by atoms with van der Waals surface area (Å²) in [7, 11) is 0. The van der Waals surface area contributed by atoms with Crippen LogP contribution in [0.2, 0.25) is 0 Å². The van der Waals surface area contributed by atoms with Crippen LogP contribution in [0.4, 0.5) is 0 Å². The average molecular weight is 478 g/mol. The normalized spacial score (nSPS) is 11.6. The lowest BCUT2D eigenvalue weighted by Gasteiger charge is -2.12. The van der Waals surface area contributed by atoms with Crippen molar-refractivity contribution < 1.29 is 14.2 Å². The summed E-state index contributed by atoms with van der Waals surface area (Å²) in [4.78, 5) is 18.0. The van der Waals surface area contributed by atoms with E-state index in [9.17, 15) is 4.79 Å². The highest BCUT2D eigenvalue weighted by molar-refractivity contribution is 7.15. The van der Waals surface area contributed by atoms with Crippen molar-refractivity contribution >= 4 is 22.4 Å². The van der Waals surface area contributed by atoms with Crippen molar-refractivity contribution in [3.63, 3.8) is 0 Å². The van der Waals surface area contributed by atoms with Gasteiger partial charge in [-0.25, -0.2) is 0 Å². The second kappa shape index (κ2) is 11.0. The minimum absolute atomic E-state index is 0.203. The second-order valence-electron chi connectivity index (χ2n) is 7.51. The molecular weight excluding hydrogens is 450 g/mol. The summed E-state index contributed by atoms with van der Waals surface area (Å²) in [6, 6.07) is 13.1. The lowest BCUT2D eigenvalue weighted by molar-refractivity contribution is 0.272. The molecule has 176 valence electrons. The zero-order valence-electron chi connectivity index (χ0n) is 19.3. The molecule has 0 N–H and O–H groups in total. The first-order chi connectivity index (χ1) is 16.6. The number of rotatable bonds is 11. The third kappa shape index (κ3) is 5.28. The van der Waals surface area contributed by atoms with Gasteiger partial charge in [0.25, 0.3) is 5.56 Å². The van der Waals surface area contributed by atoms with Gasteiger partial charge in [0.1, 0.15) is 12.4 Å². The summed E-state index contributed by atoms with van der Waals surface area (Å²) < 4.78 is 19.0. The fraction of sp³-hybridized carbons (Fsp3) is 0.269. The van der Waals surface area contributed by atoms with Gasteiger partial charge >= 0.3 is 0 Å². The number of nitrogens with zero attached hydrogens (tertiary/aromatic N) is 3. The van der Waals surface area contributed by atoms with Crippen molar-refractivity contribution in [3.05, 3.63) is 75.6 Å². The Morgan fingerprint density at radius 2 is 1.88 bits per heavy atom. The Morgan fingerprint density at radius 1 is 1.06 bits per heavy atom. The minimum atomic E-state index is -0.203. The highest BCUT2D eigenvalue weighted by atomic mass is 32.1. The van der Waals surface area contributed by atoms with Crippen LogP contribution < -0.4 is 24.3 Å². The van der Waals surface area contributed by atoms with Crippen LogP contribution in [0.25, 0.3) is 22.4 Å². The topological polar surface area (TPSA) is 75.0 Å². The molecule has 0 aliphatic carbocycles. The standard InChI is InChI=1S/C26H27N3O4S/c1-4-7-15-33-21-13-8-18(16-22(21)31-6-3)17-23-25(30)29-26(34-23)27-24(28-29)19-9-11-20(12-10-19)32-14-5-2/h5,8-13,16-17H,2,4,6-7,14-15H2,1,3H3/b23-17-. The molecule has 0 atom stereocenters. The van der Waals surface area contributed by atoms with Gasteiger partial charge in [0.15, 0.2) is 17.3 Å². The van der Waals surface area contributed by atoms with Crippen molar-refractivity contribution in [2.75, 3.05) is 19.8 Å². The number of benzene rings is 2. The van der Waals surface area contributed by atoms with Gasteiger partial charge in [0, 0.05) is 5.56 Å². The summed E-state index contributed by atoms with van der Waals surface area (Å²) in [6.07, 6.45) is 5.56. The van der Waals surface area contributed by atoms with E-state index in [0.717, 1.165) is 29.7 Å². The number of hydrogen-bond donors (Lipinski definition) is 0. The molecule has 0 amide bonds. The molecule has 8 heteroatoms. The van der Waals surface area contributed by atoms with Crippen LogP contribution >= 0.6 is 11.3 Å². The van der Waals surface area contributed by atoms with Gasteiger partial charge in [-0.15, -0.1) is 5.10 Å². The first-order valence-corrected chi connectivity index (χ1v) is 12.1. The van der Waals surface area contributed by atoms with Crippen LogP contribution in [-0.4, -0.2) is 34.4 Å². The molecule has 2 aromatic carbocycles. The van der Waals surface area contributed by atoms with E-state index in [1.165, 1.54) is 15.9 Å². The van der Waals surface area contributed by atoms with Gasteiger partial charge in [-0.3, -0.25) is 4.79 Å². The minimum Gasteiger partial charge on any atom is -0.490 e. The third-order valence-electron chi connectivity index (χ3n) is 4.98. The molecule has 4 rings (SSSR count). The van der Waals surface area contributed by atoms with Crippen molar-refractivity contribution in [2.45, 2.75) is 26.7 Å². The van der Waals surface area contributed by atoms with Crippen LogP contribution in [0.15, 0.2) is 59.9 Å². The van der Waals surface area contributed by atoms with E-state index in [-0.39, 0.29) is 5.56 Å². The van der Waals surface area contributed by atoms with Gasteiger partial charge in [0.05, 0.1) is 17.7 Å². The molecule has 34 heavy (non-hydrogen) atoms. The first kappa shape index (κ1) is 23.5. The predicted molar refractivity (Wildman–Crippen MR) is 135 cm³/mol. The quantitative estimate of drug-likeness (QED) is 0.234. The van der Waals surface area contributed by atoms with Crippen molar-refractivity contribution in [3.8, 4) is 28.6 Å². The molecule has 7 nitrogen and oxygen atoms in total. The molecule has 0 radical (unpaired) electrons. The van der Waals surface area contributed by atoms with E-state index in [2.05, 4.69) is 23.6 Å². The predicted octanol–water partition coefficient (Wildman–Crippen LogP) is 4.51. The zero-order chi connectivity index (χ0) is 23.9. The zero-order valence-corrected chi connectivity index (χ0v) is 20.1. The van der Waals surface area contributed by atoms with Crippen LogP contribution in [0.3, 0.4) is 0 Å². The lowest BCUT2D eigenvalue weighted by Crippen LogP contribution is -2.23. The Kier molecular flexibility index (Phi) is 7.59. The van der Waals surface area contributed by atoms with Crippen LogP contribution in [0, 0.1) is 0 Å². The summed E-state index contributed by atoms with van der Waals surface area (Å²) in [6.45, 7) is 9.31. The number of hydrogen-bond acceptors (Lipinski definition) is 7. The van der Waals surface area contributed by atoms with E-state index in [1.807, 2.05) is 55.5 Å². The number of unbranched alkanes of at least 4 members (excludes halogenated alkanes) is 1. The lowest BCUT2D eigenvalue weighted by atomic mass is 10.2. The third-order valence-corrected chi connectivity index (χ3v) is 5.94. The number of ether oxygens (including phenoxy) is 3. The Bertz CT molecular complexity index is 1380. The molecule has 4 aromatic rings. The smallest absolute Gasteiger partial charge is 0.291 e. The van der Waals surface area contributed by atoms with Crippen molar-refractivity contribution in [1.82, 2.24) is 14.6 Å². The molecule has 0 aliphatic rings. The molecule has 0 unspecified atom stereocenters. The number of thiazole rings is 1. The number of aromatic nitrogens is 3. The Labute approximate surface area is 201 Å². The fourth-order valence-corrected chi connectivity index (χ4v) is 4.20. The van der Waals surface area contributed by atoms with Gasteiger partial charge in [-0.05, 0) is 61.4 Å². The maximum atomic E-state index is 13.0. The molecule has 0 fully saturated rings. The van der Waals surface area contributed by atoms with E-state index < -0.39 is 0 Å². The average Bonchev–Trinajstić information content (AvgIpc) is 3.39. The maximum Gasteiger partial charge on any atom is 0.291 e. The summed E-state index contributed by atoms with van der Waals surface area (Å²) in [5, 5.41) is 4.42. The molecule has 0 bridgehead atoms. The summed E-state index contributed by atoms with van der Waals surface area (Å²) in [5.41, 5.74) is 1.46. The van der Waals surface area contributed by atoms with Gasteiger partial charge in [0.2, 0.25) is 4.96 Å². The summed E-state index contributed by atoms with van der Waals surface area (Å²) in [5.74, 6) is 2.61. The molecule has 0 saturated carbocycles. The molecule has 2 heterocycles. The van der Waals surface area contributed by atoms with Gasteiger partial charge in [-0.1, -0.05) is 43.4 Å². The molecule has 0 spiro atoms. The molecule has 2 aromatic heterocycles. The maximum absolute atomic E-state index is 13.0. The Morgan fingerprint density at radius 3 is 2.59 bits per heavy atom. The Balaban J connectivity index is 1.60. The van der Waals surface area contributed by atoms with Crippen molar-refractivity contribution in [1.29, 1.82) is 0 Å². The molecule has 0 aliphatic heterocycles. The Hall–Kier alpha value is -3.65. The first-order valence-electron chi connectivity index (χ1n) is 11.3. The highest BCUT2D eigenvalue weighted by Crippen LogP contribution is 2.29. The highest BCUT2D eigenvalue weighted by Gasteiger charge is 2.13.